The smallest absolute Gasteiger partial charge is 0.321 e. The molecule has 0 atom stereocenters. The van der Waals surface area contributed by atoms with Crippen LogP contribution in [-0.4, -0.2) is 22.5 Å². The van der Waals surface area contributed by atoms with Gasteiger partial charge in [0.15, 0.2) is 0 Å². The largest absolute Gasteiger partial charge is 0.397 e. The minimum atomic E-state index is -1.32. The average molecular weight is 218 g/mol. The highest BCUT2D eigenvalue weighted by molar-refractivity contribution is 6.44. The van der Waals surface area contributed by atoms with Crippen LogP contribution in [0.1, 0.15) is 47.5 Å². The van der Waals surface area contributed by atoms with Gasteiger partial charge in [0.2, 0.25) is 0 Å². The molecule has 14 heavy (non-hydrogen) atoms. The first-order valence-corrected chi connectivity index (χ1v) is 7.48. The molecule has 0 spiro atoms. The normalized spacial score (nSPS) is 12.4. The first-order chi connectivity index (χ1) is 6.49. The van der Waals surface area contributed by atoms with E-state index < -0.39 is 9.28 Å². The van der Waals surface area contributed by atoms with Crippen LogP contribution in [0.4, 0.5) is 0 Å². The lowest BCUT2D eigenvalue weighted by Gasteiger charge is -2.20. The molecule has 0 aliphatic heterocycles. The Morgan fingerprint density at radius 3 is 1.86 bits per heavy atom. The molecule has 0 radical (unpaired) electrons. The highest BCUT2D eigenvalue weighted by Gasteiger charge is 2.15. The van der Waals surface area contributed by atoms with Crippen molar-refractivity contribution in [1.29, 1.82) is 0 Å². The first-order valence-electron chi connectivity index (χ1n) is 5.72. The lowest BCUT2D eigenvalue weighted by Crippen LogP contribution is -2.23. The molecule has 0 aromatic heterocycles. The summed E-state index contributed by atoms with van der Waals surface area (Å²) in [7, 11) is -1.32. The van der Waals surface area contributed by atoms with E-state index in [2.05, 4.69) is 20.8 Å². The molecule has 0 fully saturated rings. The molecule has 2 nitrogen and oxygen atoms in total. The third kappa shape index (κ3) is 8.72. The van der Waals surface area contributed by atoms with Gasteiger partial charge in [0.05, 0.1) is 0 Å². The van der Waals surface area contributed by atoms with E-state index >= 15 is 0 Å². The molecule has 0 rings (SSSR count). The van der Waals surface area contributed by atoms with Crippen LogP contribution < -0.4 is 0 Å². The molecular weight excluding hydrogens is 192 g/mol. The van der Waals surface area contributed by atoms with Gasteiger partial charge in [-0.25, -0.2) is 0 Å². The standard InChI is InChI=1S/C11H26O2Si/c1-6-12-14(13-7-2)10-8-9-11(3,4)5/h14H,6-10H2,1-5H3. The van der Waals surface area contributed by atoms with Crippen molar-refractivity contribution in [2.24, 2.45) is 5.41 Å². The van der Waals surface area contributed by atoms with E-state index in [1.807, 2.05) is 13.8 Å². The van der Waals surface area contributed by atoms with E-state index in [0.717, 1.165) is 19.3 Å². The predicted octanol–water partition coefficient (Wildman–Crippen LogP) is 3.11. The van der Waals surface area contributed by atoms with Crippen molar-refractivity contribution in [3.05, 3.63) is 0 Å². The molecule has 0 aliphatic rings. The van der Waals surface area contributed by atoms with Crippen molar-refractivity contribution in [2.75, 3.05) is 13.2 Å². The van der Waals surface area contributed by atoms with Crippen molar-refractivity contribution in [3.8, 4) is 0 Å². The van der Waals surface area contributed by atoms with Gasteiger partial charge in [0, 0.05) is 13.2 Å². The summed E-state index contributed by atoms with van der Waals surface area (Å²) in [4.78, 5) is 0. The molecule has 0 aromatic rings. The van der Waals surface area contributed by atoms with Crippen LogP contribution >= 0.6 is 0 Å². The fraction of sp³-hybridized carbons (Fsp3) is 1.00. The van der Waals surface area contributed by atoms with E-state index in [-0.39, 0.29) is 0 Å². The van der Waals surface area contributed by atoms with Gasteiger partial charge in [0.25, 0.3) is 0 Å². The Bertz CT molecular complexity index is 126. The summed E-state index contributed by atoms with van der Waals surface area (Å²) in [5.41, 5.74) is 0.442. The van der Waals surface area contributed by atoms with Crippen LogP contribution in [0.2, 0.25) is 6.04 Å². The van der Waals surface area contributed by atoms with Gasteiger partial charge in [-0.3, -0.25) is 0 Å². The summed E-state index contributed by atoms with van der Waals surface area (Å²) < 4.78 is 11.2. The summed E-state index contributed by atoms with van der Waals surface area (Å²) in [6.45, 7) is 12.5. The molecule has 0 heterocycles. The maximum absolute atomic E-state index is 5.61. The van der Waals surface area contributed by atoms with Crippen molar-refractivity contribution in [3.63, 3.8) is 0 Å². The zero-order chi connectivity index (χ0) is 11.0. The van der Waals surface area contributed by atoms with Gasteiger partial charge in [0.1, 0.15) is 0 Å². The van der Waals surface area contributed by atoms with Crippen LogP contribution in [0, 0.1) is 5.41 Å². The minimum Gasteiger partial charge on any atom is -0.397 e. The third-order valence-corrected chi connectivity index (χ3v) is 4.36. The summed E-state index contributed by atoms with van der Waals surface area (Å²) in [5.74, 6) is 0. The highest BCUT2D eigenvalue weighted by Crippen LogP contribution is 2.22. The van der Waals surface area contributed by atoms with Crippen molar-refractivity contribution < 1.29 is 8.85 Å². The highest BCUT2D eigenvalue weighted by atomic mass is 28.3. The second kappa shape index (κ2) is 7.43. The Balaban J connectivity index is 3.60. The van der Waals surface area contributed by atoms with Gasteiger partial charge in [-0.05, 0) is 31.7 Å². The molecule has 0 aromatic carbocycles. The number of hydrogen-bond donors (Lipinski definition) is 0. The molecule has 0 amide bonds. The van der Waals surface area contributed by atoms with Gasteiger partial charge < -0.3 is 8.85 Å². The Kier molecular flexibility index (Phi) is 7.50. The van der Waals surface area contributed by atoms with Crippen molar-refractivity contribution in [2.45, 2.75) is 53.5 Å². The van der Waals surface area contributed by atoms with Crippen LogP contribution in [0.25, 0.3) is 0 Å². The monoisotopic (exact) mass is 218 g/mol. The summed E-state index contributed by atoms with van der Waals surface area (Å²) in [6.07, 6.45) is 2.50. The summed E-state index contributed by atoms with van der Waals surface area (Å²) in [6, 6.07) is 1.15. The molecule has 0 saturated carbocycles. The zero-order valence-electron chi connectivity index (χ0n) is 10.4. The van der Waals surface area contributed by atoms with Gasteiger partial charge in [-0.1, -0.05) is 27.2 Å². The van der Waals surface area contributed by atoms with Crippen molar-refractivity contribution >= 4 is 9.28 Å². The van der Waals surface area contributed by atoms with Crippen LogP contribution in [0.5, 0.6) is 0 Å². The van der Waals surface area contributed by atoms with Gasteiger partial charge in [-0.2, -0.15) is 0 Å². The quantitative estimate of drug-likeness (QED) is 0.611. The fourth-order valence-corrected chi connectivity index (χ4v) is 3.10. The second-order valence-electron chi connectivity index (χ2n) is 4.79. The van der Waals surface area contributed by atoms with E-state index in [4.69, 9.17) is 8.85 Å². The molecule has 0 saturated heterocycles. The number of rotatable bonds is 7. The lowest BCUT2D eigenvalue weighted by atomic mass is 9.91. The van der Waals surface area contributed by atoms with Crippen molar-refractivity contribution in [1.82, 2.24) is 0 Å². The molecule has 0 bridgehead atoms. The fourth-order valence-electron chi connectivity index (χ4n) is 1.39. The SMILES string of the molecule is CCO[SiH](CCCC(C)(C)C)OCC. The van der Waals surface area contributed by atoms with Crippen LogP contribution in [0.3, 0.4) is 0 Å². The topological polar surface area (TPSA) is 18.5 Å². The minimum absolute atomic E-state index is 0.442. The average Bonchev–Trinajstić information content (AvgIpc) is 2.02. The molecule has 0 N–H and O–H groups in total. The number of hydrogen-bond acceptors (Lipinski definition) is 2. The lowest BCUT2D eigenvalue weighted by molar-refractivity contribution is 0.211. The Hall–Kier alpha value is 0.137. The van der Waals surface area contributed by atoms with Gasteiger partial charge in [-0.15, -0.1) is 0 Å². The molecule has 0 unspecified atom stereocenters. The van der Waals surface area contributed by atoms with Gasteiger partial charge >= 0.3 is 9.28 Å². The van der Waals surface area contributed by atoms with E-state index in [1.165, 1.54) is 12.8 Å². The second-order valence-corrected chi connectivity index (χ2v) is 6.90. The molecule has 3 heteroatoms. The zero-order valence-corrected chi connectivity index (χ0v) is 11.6. The van der Waals surface area contributed by atoms with E-state index in [0.29, 0.717) is 5.41 Å². The summed E-state index contributed by atoms with van der Waals surface area (Å²) in [5, 5.41) is 0. The Morgan fingerprint density at radius 1 is 1.00 bits per heavy atom. The molecule has 86 valence electrons. The van der Waals surface area contributed by atoms with E-state index in [9.17, 15) is 0 Å². The maximum atomic E-state index is 5.61. The third-order valence-electron chi connectivity index (χ3n) is 2.07. The van der Waals surface area contributed by atoms with Crippen LogP contribution in [0.15, 0.2) is 0 Å². The van der Waals surface area contributed by atoms with E-state index in [1.54, 1.807) is 0 Å². The maximum Gasteiger partial charge on any atom is 0.321 e. The Morgan fingerprint density at radius 2 is 1.50 bits per heavy atom. The van der Waals surface area contributed by atoms with Crippen LogP contribution in [-0.2, 0) is 8.85 Å². The summed E-state index contributed by atoms with van der Waals surface area (Å²) >= 11 is 0. The Labute approximate surface area is 90.8 Å². The predicted molar refractivity (Wildman–Crippen MR) is 63.9 cm³/mol. The first kappa shape index (κ1) is 14.1. The molecule has 0 aliphatic carbocycles. The molecular formula is C11H26O2Si.